The molecule has 3 rings (SSSR count). The summed E-state index contributed by atoms with van der Waals surface area (Å²) in [6.45, 7) is 4.33. The maximum absolute atomic E-state index is 15.0. The Morgan fingerprint density at radius 1 is 1.33 bits per heavy atom. The maximum Gasteiger partial charge on any atom is 0.417 e. The van der Waals surface area contributed by atoms with Crippen LogP contribution in [0.5, 0.6) is 0 Å². The van der Waals surface area contributed by atoms with E-state index in [0.29, 0.717) is 18.1 Å². The Morgan fingerprint density at radius 3 is 2.48 bits per heavy atom. The topological polar surface area (TPSA) is 39.8 Å². The molecule has 0 radical (unpaired) electrons. The van der Waals surface area contributed by atoms with Crippen molar-refractivity contribution in [3.8, 4) is 0 Å². The molecule has 2 aromatic heterocycles. The van der Waals surface area contributed by atoms with Gasteiger partial charge in [-0.1, -0.05) is 13.0 Å². The average molecular weight is 383 g/mol. The minimum Gasteiger partial charge on any atom is -0.293 e. The van der Waals surface area contributed by atoms with Crippen LogP contribution in [-0.4, -0.2) is 14.1 Å². The molecule has 0 unspecified atom stereocenters. The molecule has 27 heavy (non-hydrogen) atoms. The van der Waals surface area contributed by atoms with Gasteiger partial charge in [0.25, 0.3) is 0 Å². The van der Waals surface area contributed by atoms with Crippen LogP contribution in [0.1, 0.15) is 37.9 Å². The van der Waals surface area contributed by atoms with Crippen LogP contribution in [-0.2, 0) is 26.2 Å². The van der Waals surface area contributed by atoms with Gasteiger partial charge in [-0.2, -0.15) is 13.2 Å². The summed E-state index contributed by atoms with van der Waals surface area (Å²) in [7, 11) is 1.50. The summed E-state index contributed by atoms with van der Waals surface area (Å²) >= 11 is 0. The summed E-state index contributed by atoms with van der Waals surface area (Å²) in [6, 6.07) is 2.03. The highest BCUT2D eigenvalue weighted by Gasteiger charge is 2.38. The van der Waals surface area contributed by atoms with E-state index < -0.39 is 17.6 Å². The van der Waals surface area contributed by atoms with Gasteiger partial charge in [-0.3, -0.25) is 14.1 Å². The Labute approximate surface area is 153 Å². The molecular formula is C19H21F4N3O. The Balaban J connectivity index is 2.02. The van der Waals surface area contributed by atoms with E-state index in [1.54, 1.807) is 17.6 Å². The first-order valence-corrected chi connectivity index (χ1v) is 8.68. The van der Waals surface area contributed by atoms with Crippen molar-refractivity contribution >= 4 is 11.9 Å². The van der Waals surface area contributed by atoms with Crippen molar-refractivity contribution in [1.82, 2.24) is 14.1 Å². The van der Waals surface area contributed by atoms with Gasteiger partial charge in [-0.05, 0) is 37.3 Å². The third kappa shape index (κ3) is 3.84. The number of nitrogens with zero attached hydrogens (tertiary/aromatic N) is 3. The minimum absolute atomic E-state index is 0.0612. The lowest BCUT2D eigenvalue weighted by Crippen LogP contribution is -2.35. The summed E-state index contributed by atoms with van der Waals surface area (Å²) < 4.78 is 55.7. The van der Waals surface area contributed by atoms with Crippen LogP contribution in [0.4, 0.5) is 17.6 Å². The second kappa shape index (κ2) is 6.65. The molecular weight excluding hydrogens is 362 g/mol. The summed E-state index contributed by atoms with van der Waals surface area (Å²) in [5.41, 5.74) is -0.963. The Bertz CT molecular complexity index is 1030. The van der Waals surface area contributed by atoms with Crippen LogP contribution in [0.2, 0.25) is 0 Å². The molecule has 0 bridgehead atoms. The molecule has 0 atom stereocenters. The van der Waals surface area contributed by atoms with Crippen LogP contribution in [0.3, 0.4) is 0 Å². The number of alkyl halides is 3. The SMILES string of the molecule is CC=c1c(=C(F)Cc2ccc(C(F)(F)F)cn2)n(C)c(=O)n1CC1(C)CC1. The lowest BCUT2D eigenvalue weighted by molar-refractivity contribution is -0.137. The molecule has 8 heteroatoms. The van der Waals surface area contributed by atoms with E-state index in [2.05, 4.69) is 11.9 Å². The van der Waals surface area contributed by atoms with Gasteiger partial charge in [-0.25, -0.2) is 9.18 Å². The average Bonchev–Trinajstić information content (AvgIpc) is 3.28. The van der Waals surface area contributed by atoms with Gasteiger partial charge in [0.15, 0.2) is 0 Å². The van der Waals surface area contributed by atoms with Crippen molar-refractivity contribution < 1.29 is 17.6 Å². The van der Waals surface area contributed by atoms with E-state index in [0.717, 1.165) is 25.0 Å². The second-order valence-electron chi connectivity index (χ2n) is 7.38. The second-order valence-corrected chi connectivity index (χ2v) is 7.38. The van der Waals surface area contributed by atoms with E-state index in [1.807, 2.05) is 0 Å². The summed E-state index contributed by atoms with van der Waals surface area (Å²) in [6.07, 6.45) is -0.357. The first-order valence-electron chi connectivity index (χ1n) is 8.68. The summed E-state index contributed by atoms with van der Waals surface area (Å²) in [5, 5.41) is 0.633. The predicted octanol–water partition coefficient (Wildman–Crippen LogP) is 2.52. The van der Waals surface area contributed by atoms with Crippen molar-refractivity contribution in [2.75, 3.05) is 0 Å². The standard InChI is InChI=1S/C19H21F4N3O/c1-4-15-16(25(3)17(27)26(15)11-18(2)7-8-18)14(20)9-13-6-5-12(10-24-13)19(21,22)23/h4-6,10H,7-9,11H2,1-3H3. The van der Waals surface area contributed by atoms with Crippen LogP contribution >= 0.6 is 0 Å². The Morgan fingerprint density at radius 2 is 2.00 bits per heavy atom. The fourth-order valence-electron chi connectivity index (χ4n) is 3.14. The van der Waals surface area contributed by atoms with E-state index in [9.17, 15) is 22.4 Å². The molecule has 2 aromatic rings. The molecule has 1 saturated carbocycles. The quantitative estimate of drug-likeness (QED) is 0.762. The molecule has 1 fully saturated rings. The highest BCUT2D eigenvalue weighted by molar-refractivity contribution is 5.39. The fourth-order valence-corrected chi connectivity index (χ4v) is 3.14. The zero-order valence-electron chi connectivity index (χ0n) is 15.4. The molecule has 0 amide bonds. The first kappa shape index (κ1) is 19.4. The van der Waals surface area contributed by atoms with Gasteiger partial charge in [-0.15, -0.1) is 0 Å². The molecule has 0 aliphatic heterocycles. The predicted molar refractivity (Wildman–Crippen MR) is 93.9 cm³/mol. The van der Waals surface area contributed by atoms with E-state index in [-0.39, 0.29) is 28.6 Å². The van der Waals surface area contributed by atoms with Crippen molar-refractivity contribution in [1.29, 1.82) is 0 Å². The van der Waals surface area contributed by atoms with Gasteiger partial charge in [0.1, 0.15) is 11.2 Å². The lowest BCUT2D eigenvalue weighted by atomic mass is 10.1. The number of aromatic nitrogens is 3. The summed E-state index contributed by atoms with van der Waals surface area (Å²) in [5.74, 6) is -0.602. The maximum atomic E-state index is 15.0. The van der Waals surface area contributed by atoms with Gasteiger partial charge in [0.05, 0.1) is 10.9 Å². The highest BCUT2D eigenvalue weighted by Crippen LogP contribution is 2.45. The number of halogens is 4. The third-order valence-corrected chi connectivity index (χ3v) is 5.05. The van der Waals surface area contributed by atoms with Crippen molar-refractivity contribution in [2.45, 2.75) is 45.8 Å². The number of hydrogen-bond donors (Lipinski definition) is 0. The van der Waals surface area contributed by atoms with Gasteiger partial charge in [0.2, 0.25) is 0 Å². The van der Waals surface area contributed by atoms with Gasteiger partial charge in [0, 0.05) is 31.9 Å². The van der Waals surface area contributed by atoms with Crippen molar-refractivity contribution in [3.05, 3.63) is 50.8 Å². The minimum atomic E-state index is -4.49. The molecule has 2 heterocycles. The first-order chi connectivity index (χ1) is 12.6. The molecule has 4 nitrogen and oxygen atoms in total. The third-order valence-electron chi connectivity index (χ3n) is 5.05. The lowest BCUT2D eigenvalue weighted by Gasteiger charge is -2.08. The van der Waals surface area contributed by atoms with Crippen LogP contribution in [0.15, 0.2) is 23.1 Å². The number of imidazole rings is 1. The van der Waals surface area contributed by atoms with Crippen molar-refractivity contribution in [3.63, 3.8) is 0 Å². The van der Waals surface area contributed by atoms with Crippen molar-refractivity contribution in [2.24, 2.45) is 12.5 Å². The van der Waals surface area contributed by atoms with E-state index >= 15 is 0 Å². The fraction of sp³-hybridized carbons (Fsp3) is 0.474. The Hall–Kier alpha value is -2.38. The number of hydrogen-bond acceptors (Lipinski definition) is 2. The molecule has 1 aliphatic carbocycles. The van der Waals surface area contributed by atoms with Gasteiger partial charge < -0.3 is 0 Å². The van der Waals surface area contributed by atoms with E-state index in [1.165, 1.54) is 11.6 Å². The largest absolute Gasteiger partial charge is 0.417 e. The zero-order valence-corrected chi connectivity index (χ0v) is 15.4. The monoisotopic (exact) mass is 383 g/mol. The van der Waals surface area contributed by atoms with Gasteiger partial charge >= 0.3 is 11.9 Å². The molecule has 0 spiro atoms. The molecule has 146 valence electrons. The molecule has 0 N–H and O–H groups in total. The molecule has 0 aromatic carbocycles. The Kier molecular flexibility index (Phi) is 4.78. The van der Waals surface area contributed by atoms with Crippen LogP contribution in [0.25, 0.3) is 11.9 Å². The highest BCUT2D eigenvalue weighted by atomic mass is 19.4. The van der Waals surface area contributed by atoms with Crippen LogP contribution < -0.4 is 16.4 Å². The van der Waals surface area contributed by atoms with Crippen LogP contribution in [0, 0.1) is 5.41 Å². The number of rotatable bonds is 4. The molecule has 0 saturated heterocycles. The van der Waals surface area contributed by atoms with E-state index in [4.69, 9.17) is 0 Å². The smallest absolute Gasteiger partial charge is 0.293 e. The number of pyridine rings is 1. The zero-order chi connectivity index (χ0) is 20.0. The molecule has 1 aliphatic rings. The summed E-state index contributed by atoms with van der Waals surface area (Å²) in [4.78, 5) is 16.3. The normalized spacial score (nSPS) is 18.0.